The van der Waals surface area contributed by atoms with Gasteiger partial charge in [-0.3, -0.25) is 0 Å². The third kappa shape index (κ3) is 1.40. The number of hydrogen-bond acceptors (Lipinski definition) is 5. The molecule has 0 amide bonds. The van der Waals surface area contributed by atoms with E-state index in [4.69, 9.17) is 0 Å². The van der Waals surface area contributed by atoms with Gasteiger partial charge in [-0.15, -0.1) is 21.5 Å². The van der Waals surface area contributed by atoms with Gasteiger partial charge < -0.3 is 0 Å². The lowest BCUT2D eigenvalue weighted by Gasteiger charge is -1.85. The van der Waals surface area contributed by atoms with Crippen LogP contribution in [0.25, 0.3) is 0 Å². The molecule has 2 aromatic heterocycles. The Balaban J connectivity index is 2.14. The predicted molar refractivity (Wildman–Crippen MR) is 39.1 cm³/mol. The first kappa shape index (κ1) is 6.41. The number of rotatable bonds is 2. The summed E-state index contributed by atoms with van der Waals surface area (Å²) in [4.78, 5) is 4.09. The Hall–Kier alpha value is -1.30. The summed E-state index contributed by atoms with van der Waals surface area (Å²) in [5, 5.41) is 15.4. The van der Waals surface area contributed by atoms with E-state index in [1.165, 1.54) is 0 Å². The summed E-state index contributed by atoms with van der Waals surface area (Å²) in [7, 11) is 0. The Morgan fingerprint density at radius 2 is 2.55 bits per heavy atom. The van der Waals surface area contributed by atoms with E-state index in [0.717, 1.165) is 5.69 Å². The molecule has 2 heterocycles. The average Bonchev–Trinajstić information content (AvgIpc) is 2.60. The maximum atomic E-state index is 4.09. The Bertz CT molecular complexity index is 267. The first-order valence-electron chi connectivity index (χ1n) is 3.04. The molecule has 5 nitrogen and oxygen atoms in total. The molecular weight excluding hydrogens is 162 g/mol. The quantitative estimate of drug-likeness (QED) is 0.696. The van der Waals surface area contributed by atoms with E-state index in [9.17, 15) is 0 Å². The van der Waals surface area contributed by atoms with Gasteiger partial charge in [0.15, 0.2) is 5.82 Å². The smallest absolute Gasteiger partial charge is 0.180 e. The lowest BCUT2D eigenvalue weighted by molar-refractivity contribution is 0.881. The molecule has 0 aromatic carbocycles. The molecule has 0 spiro atoms. The van der Waals surface area contributed by atoms with Gasteiger partial charge >= 0.3 is 0 Å². The highest BCUT2D eigenvalue weighted by atomic mass is 32.1. The molecule has 0 aliphatic carbocycles. The number of nitrogens with zero attached hydrogens (tertiary/aromatic N) is 4. The summed E-state index contributed by atoms with van der Waals surface area (Å²) in [6, 6.07) is 0. The van der Waals surface area contributed by atoms with Crippen LogP contribution in [0.2, 0.25) is 0 Å². The van der Waals surface area contributed by atoms with Crippen molar-refractivity contribution in [1.82, 2.24) is 25.6 Å². The molecule has 1 N–H and O–H groups in total. The van der Waals surface area contributed by atoms with Crippen LogP contribution in [0.5, 0.6) is 0 Å². The molecule has 0 unspecified atom stereocenters. The lowest BCUT2D eigenvalue weighted by atomic mass is 10.3. The number of tetrazole rings is 1. The molecule has 0 bridgehead atoms. The first-order valence-corrected chi connectivity index (χ1v) is 3.99. The van der Waals surface area contributed by atoms with Crippen LogP contribution in [-0.4, -0.2) is 25.6 Å². The number of thiazole rings is 1. The van der Waals surface area contributed by atoms with E-state index < -0.39 is 0 Å². The molecule has 0 aliphatic heterocycles. The van der Waals surface area contributed by atoms with Crippen molar-refractivity contribution in [2.24, 2.45) is 0 Å². The molecule has 2 rings (SSSR count). The van der Waals surface area contributed by atoms with Crippen LogP contribution in [0.3, 0.4) is 0 Å². The Morgan fingerprint density at radius 1 is 1.55 bits per heavy atom. The number of aromatic amines is 1. The largest absolute Gasteiger partial charge is 0.249 e. The Labute approximate surface area is 66.5 Å². The summed E-state index contributed by atoms with van der Waals surface area (Å²) in [6.07, 6.45) is 0.653. The van der Waals surface area contributed by atoms with E-state index in [2.05, 4.69) is 25.6 Å². The van der Waals surface area contributed by atoms with Gasteiger partial charge in [-0.25, -0.2) is 4.98 Å². The molecule has 56 valence electrons. The third-order valence-corrected chi connectivity index (χ3v) is 1.85. The van der Waals surface area contributed by atoms with Gasteiger partial charge in [0.25, 0.3) is 0 Å². The van der Waals surface area contributed by atoms with E-state index in [1.54, 1.807) is 16.8 Å². The maximum Gasteiger partial charge on any atom is 0.180 e. The maximum absolute atomic E-state index is 4.09. The zero-order valence-electron chi connectivity index (χ0n) is 5.56. The van der Waals surface area contributed by atoms with Gasteiger partial charge in [0.2, 0.25) is 0 Å². The summed E-state index contributed by atoms with van der Waals surface area (Å²) < 4.78 is 0. The summed E-state index contributed by atoms with van der Waals surface area (Å²) in [6.45, 7) is 0. The number of hydrogen-bond donors (Lipinski definition) is 1. The van der Waals surface area contributed by atoms with E-state index in [0.29, 0.717) is 12.2 Å². The second kappa shape index (κ2) is 2.75. The Kier molecular flexibility index (Phi) is 1.60. The van der Waals surface area contributed by atoms with E-state index >= 15 is 0 Å². The van der Waals surface area contributed by atoms with E-state index in [-0.39, 0.29) is 0 Å². The number of nitrogens with one attached hydrogen (secondary N) is 1. The average molecular weight is 167 g/mol. The minimum absolute atomic E-state index is 0.653. The van der Waals surface area contributed by atoms with Gasteiger partial charge in [0.1, 0.15) is 0 Å². The molecule has 0 atom stereocenters. The first-order chi connectivity index (χ1) is 5.45. The zero-order valence-corrected chi connectivity index (χ0v) is 6.38. The summed E-state index contributed by atoms with van der Waals surface area (Å²) in [5.74, 6) is 0.677. The standard InChI is InChI=1S/C5H5N5S/c1(4-2-11-3-6-4)5-7-9-10-8-5/h2-3H,1H2,(H,7,8,9,10). The monoisotopic (exact) mass is 167 g/mol. The van der Waals surface area contributed by atoms with Crippen molar-refractivity contribution in [2.75, 3.05) is 0 Å². The van der Waals surface area contributed by atoms with Crippen LogP contribution >= 0.6 is 11.3 Å². The van der Waals surface area contributed by atoms with Crippen molar-refractivity contribution >= 4 is 11.3 Å². The van der Waals surface area contributed by atoms with Gasteiger partial charge in [0, 0.05) is 5.38 Å². The van der Waals surface area contributed by atoms with Crippen molar-refractivity contribution in [1.29, 1.82) is 0 Å². The zero-order chi connectivity index (χ0) is 7.52. The van der Waals surface area contributed by atoms with Crippen LogP contribution < -0.4 is 0 Å². The topological polar surface area (TPSA) is 67.3 Å². The minimum atomic E-state index is 0.653. The molecule has 6 heteroatoms. The van der Waals surface area contributed by atoms with Gasteiger partial charge in [-0.2, -0.15) is 5.21 Å². The fourth-order valence-corrected chi connectivity index (χ4v) is 1.30. The molecule has 2 aromatic rings. The van der Waals surface area contributed by atoms with Crippen molar-refractivity contribution in [2.45, 2.75) is 6.42 Å². The summed E-state index contributed by atoms with van der Waals surface area (Å²) in [5.41, 5.74) is 2.77. The molecular formula is C5H5N5S. The van der Waals surface area contributed by atoms with Gasteiger partial charge in [0.05, 0.1) is 17.6 Å². The third-order valence-electron chi connectivity index (χ3n) is 1.21. The molecule has 0 aliphatic rings. The number of aromatic nitrogens is 5. The van der Waals surface area contributed by atoms with Crippen LogP contribution in [0.15, 0.2) is 10.9 Å². The normalized spacial score (nSPS) is 10.2. The molecule has 11 heavy (non-hydrogen) atoms. The second-order valence-corrected chi connectivity index (χ2v) is 2.70. The van der Waals surface area contributed by atoms with Crippen LogP contribution in [0, 0.1) is 0 Å². The Morgan fingerprint density at radius 3 is 3.18 bits per heavy atom. The van der Waals surface area contributed by atoms with Crippen molar-refractivity contribution < 1.29 is 0 Å². The molecule has 0 saturated heterocycles. The summed E-state index contributed by atoms with van der Waals surface area (Å²) >= 11 is 1.56. The van der Waals surface area contributed by atoms with Crippen LogP contribution in [0.4, 0.5) is 0 Å². The van der Waals surface area contributed by atoms with Crippen LogP contribution in [-0.2, 0) is 6.42 Å². The SMILES string of the molecule is c1nc(Cc2nn[nH]n2)cs1. The minimum Gasteiger partial charge on any atom is -0.249 e. The fourth-order valence-electron chi connectivity index (χ4n) is 0.744. The number of H-pyrrole nitrogens is 1. The van der Waals surface area contributed by atoms with Crippen LogP contribution in [0.1, 0.15) is 11.5 Å². The molecule has 0 fully saturated rings. The van der Waals surface area contributed by atoms with Gasteiger partial charge in [-0.1, -0.05) is 5.21 Å². The highest BCUT2D eigenvalue weighted by molar-refractivity contribution is 7.07. The van der Waals surface area contributed by atoms with Gasteiger partial charge in [-0.05, 0) is 0 Å². The van der Waals surface area contributed by atoms with Crippen molar-refractivity contribution in [3.63, 3.8) is 0 Å². The second-order valence-electron chi connectivity index (χ2n) is 1.98. The lowest BCUT2D eigenvalue weighted by Crippen LogP contribution is -1.90. The highest BCUT2D eigenvalue weighted by Crippen LogP contribution is 2.03. The molecule has 0 radical (unpaired) electrons. The van der Waals surface area contributed by atoms with Crippen molar-refractivity contribution in [3.8, 4) is 0 Å². The van der Waals surface area contributed by atoms with E-state index in [1.807, 2.05) is 5.38 Å². The fraction of sp³-hybridized carbons (Fsp3) is 0.200. The predicted octanol–water partition coefficient (Wildman–Crippen LogP) is 0.247. The molecule has 0 saturated carbocycles. The van der Waals surface area contributed by atoms with Crippen molar-refractivity contribution in [3.05, 3.63) is 22.4 Å². The highest BCUT2D eigenvalue weighted by Gasteiger charge is 2.00.